The average Bonchev–Trinajstić information content (AvgIpc) is 3.21. The van der Waals surface area contributed by atoms with Crippen LogP contribution >= 0.6 is 34.5 Å². The van der Waals surface area contributed by atoms with E-state index in [0.29, 0.717) is 14.9 Å². The van der Waals surface area contributed by atoms with E-state index in [1.54, 1.807) is 24.4 Å². The summed E-state index contributed by atoms with van der Waals surface area (Å²) in [4.78, 5) is 17.2. The molecule has 4 rings (SSSR count). The van der Waals surface area contributed by atoms with E-state index in [0.717, 1.165) is 40.1 Å². The summed E-state index contributed by atoms with van der Waals surface area (Å²) in [6.45, 7) is 2.31. The molecule has 0 bridgehead atoms. The van der Waals surface area contributed by atoms with E-state index >= 15 is 0 Å². The van der Waals surface area contributed by atoms with Crippen molar-refractivity contribution in [3.63, 3.8) is 0 Å². The zero-order valence-corrected chi connectivity index (χ0v) is 17.3. The second-order valence-electron chi connectivity index (χ2n) is 6.42. The lowest BCUT2D eigenvalue weighted by Crippen LogP contribution is -2.13. The summed E-state index contributed by atoms with van der Waals surface area (Å²) in [5.41, 5.74) is 4.80. The van der Waals surface area contributed by atoms with E-state index < -0.39 is 0 Å². The minimum Gasteiger partial charge on any atom is -0.493 e. The Bertz CT molecular complexity index is 1190. The first-order valence-electron chi connectivity index (χ1n) is 8.72. The molecule has 1 N–H and O–H groups in total. The van der Waals surface area contributed by atoms with Crippen molar-refractivity contribution in [2.45, 2.75) is 19.9 Å². The van der Waals surface area contributed by atoms with Crippen molar-refractivity contribution in [2.24, 2.45) is 4.99 Å². The minimum absolute atomic E-state index is 0.0675. The van der Waals surface area contributed by atoms with E-state index in [1.165, 1.54) is 10.1 Å². The highest BCUT2D eigenvalue weighted by Gasteiger charge is 2.18. The van der Waals surface area contributed by atoms with E-state index in [2.05, 4.69) is 18.0 Å². The Labute approximate surface area is 176 Å². The summed E-state index contributed by atoms with van der Waals surface area (Å²) in [7, 11) is 0. The maximum Gasteiger partial charge on any atom is 0.310 e. The third-order valence-corrected chi connectivity index (χ3v) is 6.30. The van der Waals surface area contributed by atoms with Crippen LogP contribution in [0.25, 0.3) is 11.6 Å². The fourth-order valence-electron chi connectivity index (χ4n) is 3.19. The Morgan fingerprint density at radius 1 is 1.21 bits per heavy atom. The van der Waals surface area contributed by atoms with Crippen LogP contribution < -0.4 is 4.87 Å². The molecule has 7 heteroatoms. The highest BCUT2D eigenvalue weighted by molar-refractivity contribution is 7.10. The predicted molar refractivity (Wildman–Crippen MR) is 118 cm³/mol. The van der Waals surface area contributed by atoms with Crippen LogP contribution in [-0.2, 0) is 13.0 Å². The zero-order valence-electron chi connectivity index (χ0n) is 14.9. The Morgan fingerprint density at radius 2 is 2.04 bits per heavy atom. The van der Waals surface area contributed by atoms with E-state index in [-0.39, 0.29) is 17.3 Å². The molecular weight excluding hydrogens is 415 g/mol. The van der Waals surface area contributed by atoms with Gasteiger partial charge in [0.05, 0.1) is 27.2 Å². The van der Waals surface area contributed by atoms with E-state index in [9.17, 15) is 9.90 Å². The number of benzene rings is 2. The topological polar surface area (TPSA) is 54.6 Å². The number of rotatable bonds is 4. The molecule has 2 aromatic carbocycles. The largest absolute Gasteiger partial charge is 0.493 e. The molecular formula is C21H16Cl2N2O2S. The lowest BCUT2D eigenvalue weighted by molar-refractivity contribution is 0.420. The Morgan fingerprint density at radius 3 is 2.79 bits per heavy atom. The van der Waals surface area contributed by atoms with Crippen molar-refractivity contribution >= 4 is 58.1 Å². The van der Waals surface area contributed by atoms with Crippen LogP contribution in [0.15, 0.2) is 46.2 Å². The molecule has 0 aliphatic carbocycles. The van der Waals surface area contributed by atoms with Gasteiger partial charge < -0.3 is 5.11 Å². The maximum absolute atomic E-state index is 12.4. The SMILES string of the molecule is CCc1cccc2c1N=C/C2=C\c1sc(=O)n(Cc2ccc(Cl)c(Cl)c2)c1O. The van der Waals surface area contributed by atoms with E-state index in [4.69, 9.17) is 23.2 Å². The van der Waals surface area contributed by atoms with Gasteiger partial charge in [-0.3, -0.25) is 14.4 Å². The normalized spacial score (nSPS) is 14.0. The van der Waals surface area contributed by atoms with Gasteiger partial charge in [0.1, 0.15) is 0 Å². The Hall–Kier alpha value is -2.34. The van der Waals surface area contributed by atoms with Crippen LogP contribution in [0.3, 0.4) is 0 Å². The van der Waals surface area contributed by atoms with Crippen molar-refractivity contribution in [2.75, 3.05) is 0 Å². The fourth-order valence-corrected chi connectivity index (χ4v) is 4.35. The number of fused-ring (bicyclic) bond motifs is 1. The van der Waals surface area contributed by atoms with Crippen molar-refractivity contribution < 1.29 is 5.11 Å². The highest BCUT2D eigenvalue weighted by atomic mass is 35.5. The van der Waals surface area contributed by atoms with Gasteiger partial charge in [-0.15, -0.1) is 0 Å². The second-order valence-corrected chi connectivity index (χ2v) is 8.22. The Balaban J connectivity index is 1.70. The third-order valence-electron chi connectivity index (χ3n) is 4.65. The number of aromatic nitrogens is 1. The summed E-state index contributed by atoms with van der Waals surface area (Å²) in [6, 6.07) is 11.2. The van der Waals surface area contributed by atoms with E-state index in [1.807, 2.05) is 18.2 Å². The lowest BCUT2D eigenvalue weighted by atomic mass is 10.0. The van der Waals surface area contributed by atoms with Gasteiger partial charge in [-0.2, -0.15) is 0 Å². The van der Waals surface area contributed by atoms with Crippen molar-refractivity contribution in [1.82, 2.24) is 4.57 Å². The standard InChI is InChI=1S/C21H16Cl2N2O2S/c1-2-13-4-3-5-15-14(10-24-19(13)15)9-18-20(26)25(21(27)28-18)11-12-6-7-16(22)17(23)8-12/h3-10,26H,2,11H2,1H3/b14-9+. The quantitative estimate of drug-likeness (QED) is 0.569. The molecule has 1 aliphatic rings. The number of hydrogen-bond acceptors (Lipinski definition) is 4. The summed E-state index contributed by atoms with van der Waals surface area (Å²) in [5, 5.41) is 11.5. The number of aliphatic imine (C=N–C) groups is 1. The summed E-state index contributed by atoms with van der Waals surface area (Å²) in [5.74, 6) is -0.0675. The number of para-hydroxylation sites is 1. The molecule has 0 spiro atoms. The first kappa shape index (κ1) is 19.0. The summed E-state index contributed by atoms with van der Waals surface area (Å²) in [6.07, 6.45) is 4.48. The number of nitrogens with zero attached hydrogens (tertiary/aromatic N) is 2. The smallest absolute Gasteiger partial charge is 0.310 e. The molecule has 0 atom stereocenters. The molecule has 0 saturated carbocycles. The minimum atomic E-state index is -0.243. The molecule has 1 aliphatic heterocycles. The average molecular weight is 431 g/mol. The van der Waals surface area contributed by atoms with Gasteiger partial charge in [0, 0.05) is 17.4 Å². The van der Waals surface area contributed by atoms with Gasteiger partial charge in [-0.05, 0) is 35.8 Å². The van der Waals surface area contributed by atoms with Crippen LogP contribution in [-0.4, -0.2) is 15.9 Å². The van der Waals surface area contributed by atoms with Crippen LogP contribution in [0.1, 0.15) is 28.5 Å². The van der Waals surface area contributed by atoms with Gasteiger partial charge in [0.2, 0.25) is 5.88 Å². The molecule has 142 valence electrons. The molecule has 4 nitrogen and oxygen atoms in total. The maximum atomic E-state index is 12.4. The molecule has 0 saturated heterocycles. The fraction of sp³-hybridized carbons (Fsp3) is 0.143. The monoisotopic (exact) mass is 430 g/mol. The molecule has 0 radical (unpaired) electrons. The molecule has 2 heterocycles. The Kier molecular flexibility index (Phi) is 5.15. The number of halogens is 2. The second kappa shape index (κ2) is 7.59. The van der Waals surface area contributed by atoms with Crippen LogP contribution in [0.4, 0.5) is 5.69 Å². The number of aryl methyl sites for hydroxylation is 1. The van der Waals surface area contributed by atoms with Crippen LogP contribution in [0.2, 0.25) is 10.0 Å². The van der Waals surface area contributed by atoms with Crippen LogP contribution in [0, 0.1) is 0 Å². The molecule has 0 fully saturated rings. The van der Waals surface area contributed by atoms with Crippen LogP contribution in [0.5, 0.6) is 5.88 Å². The van der Waals surface area contributed by atoms with Crippen molar-refractivity contribution in [1.29, 1.82) is 0 Å². The first-order valence-corrected chi connectivity index (χ1v) is 10.3. The molecule has 0 amide bonds. The van der Waals surface area contributed by atoms with Crippen molar-refractivity contribution in [3.05, 3.63) is 77.7 Å². The van der Waals surface area contributed by atoms with Gasteiger partial charge in [0.15, 0.2) is 0 Å². The lowest BCUT2D eigenvalue weighted by Gasteiger charge is -2.06. The first-order chi connectivity index (χ1) is 13.5. The zero-order chi connectivity index (χ0) is 19.8. The summed E-state index contributed by atoms with van der Waals surface area (Å²) < 4.78 is 1.33. The third kappa shape index (κ3) is 3.41. The highest BCUT2D eigenvalue weighted by Crippen LogP contribution is 2.37. The number of aromatic hydroxyl groups is 1. The molecule has 3 aromatic rings. The number of allylic oxidation sites excluding steroid dienone is 1. The van der Waals surface area contributed by atoms with Crippen molar-refractivity contribution in [3.8, 4) is 5.88 Å². The number of thiazole rings is 1. The molecule has 0 unspecified atom stereocenters. The molecule has 28 heavy (non-hydrogen) atoms. The van der Waals surface area contributed by atoms with Gasteiger partial charge in [-0.1, -0.05) is 65.7 Å². The summed E-state index contributed by atoms with van der Waals surface area (Å²) >= 11 is 13.0. The number of hydrogen-bond donors (Lipinski definition) is 1. The van der Waals surface area contributed by atoms with Gasteiger partial charge in [0.25, 0.3) is 0 Å². The van der Waals surface area contributed by atoms with Gasteiger partial charge >= 0.3 is 4.87 Å². The predicted octanol–water partition coefficient (Wildman–Crippen LogP) is 5.79. The van der Waals surface area contributed by atoms with Gasteiger partial charge in [-0.25, -0.2) is 0 Å². The molecule has 1 aromatic heterocycles.